The van der Waals surface area contributed by atoms with Crippen LogP contribution in [0.5, 0.6) is 0 Å². The smallest absolute Gasteiger partial charge is 0.264 e. The van der Waals surface area contributed by atoms with Crippen molar-refractivity contribution in [3.63, 3.8) is 0 Å². The molecule has 10 nitrogen and oxygen atoms in total. The maximum atomic E-state index is 14.8. The Bertz CT molecular complexity index is 1900. The molecule has 3 amide bonds. The van der Waals surface area contributed by atoms with Crippen molar-refractivity contribution in [2.75, 3.05) is 29.1 Å². The van der Waals surface area contributed by atoms with E-state index in [9.17, 15) is 24.3 Å². The highest BCUT2D eigenvalue weighted by molar-refractivity contribution is 6.71. The van der Waals surface area contributed by atoms with Gasteiger partial charge in [0.05, 0.1) is 31.4 Å². The lowest BCUT2D eigenvalue weighted by Crippen LogP contribution is -2.46. The van der Waals surface area contributed by atoms with Gasteiger partial charge in [-0.2, -0.15) is 0 Å². The third-order valence-electron chi connectivity index (χ3n) is 9.99. The summed E-state index contributed by atoms with van der Waals surface area (Å²) in [6.45, 7) is 6.00. The van der Waals surface area contributed by atoms with E-state index in [4.69, 9.17) is 22.1 Å². The predicted molar refractivity (Wildman–Crippen MR) is 201 cm³/mol. The molecule has 51 heavy (non-hydrogen) atoms. The number of nitrogens with two attached hydrogens (primary N) is 1. The topological polar surface area (TPSA) is 145 Å². The summed E-state index contributed by atoms with van der Waals surface area (Å²) < 4.78 is 6.84. The summed E-state index contributed by atoms with van der Waals surface area (Å²) in [6.07, 6.45) is -0.816. The molecule has 1 saturated heterocycles. The number of anilines is 3. The first kappa shape index (κ1) is 36.3. The molecule has 0 aromatic heterocycles. The third-order valence-corrected chi connectivity index (χ3v) is 12.7. The van der Waals surface area contributed by atoms with Gasteiger partial charge in [0.1, 0.15) is 0 Å². The number of hydrogen-bond donors (Lipinski definition) is 4. The van der Waals surface area contributed by atoms with Gasteiger partial charge in [0.15, 0.2) is 13.9 Å². The molecule has 1 fully saturated rings. The second kappa shape index (κ2) is 14.6. The van der Waals surface area contributed by atoms with Crippen LogP contribution in [-0.4, -0.2) is 60.1 Å². The largest absolute Gasteiger partial charge is 0.432 e. The van der Waals surface area contributed by atoms with Crippen molar-refractivity contribution in [3.8, 4) is 0 Å². The number of aliphatic hydroxyl groups is 1. The minimum Gasteiger partial charge on any atom is -0.432 e. The molecule has 12 heteroatoms. The van der Waals surface area contributed by atoms with Crippen LogP contribution in [0.4, 0.5) is 17.1 Å². The van der Waals surface area contributed by atoms with E-state index in [1.807, 2.05) is 62.5 Å². The van der Waals surface area contributed by atoms with E-state index in [1.54, 1.807) is 64.4 Å². The minimum atomic E-state index is -3.04. The quantitative estimate of drug-likeness (QED) is 0.111. The first-order valence-electron chi connectivity index (χ1n) is 17.0. The molecule has 6 rings (SSSR count). The van der Waals surface area contributed by atoms with Crippen LogP contribution in [0, 0.1) is 5.92 Å². The SMILES string of the molecule is C[C@@H]1[C@@H]([Si](C)(C)O)[C@H](CC(=O)N(CCO)Cc2ccccc2)O[C@@]12C(=O)N(Cc1ccc(NC(=O)c3ccc(N)cc3)cc1)c1ccc(Cl)cc12. The summed E-state index contributed by atoms with van der Waals surface area (Å²) in [5.74, 6) is -1.27. The van der Waals surface area contributed by atoms with Crippen molar-refractivity contribution < 1.29 is 29.0 Å². The molecule has 0 unspecified atom stereocenters. The predicted octanol–water partition coefficient (Wildman–Crippen LogP) is 5.93. The van der Waals surface area contributed by atoms with Crippen molar-refractivity contribution in [3.05, 3.63) is 124 Å². The van der Waals surface area contributed by atoms with Crippen LogP contribution in [0.15, 0.2) is 97.1 Å². The monoisotopic (exact) mass is 726 g/mol. The normalized spacial score (nSPS) is 21.2. The lowest BCUT2D eigenvalue weighted by atomic mass is 9.82. The number of hydrogen-bond acceptors (Lipinski definition) is 7. The van der Waals surface area contributed by atoms with Gasteiger partial charge in [0.2, 0.25) is 5.91 Å². The average Bonchev–Trinajstić information content (AvgIpc) is 3.51. The second-order valence-corrected chi connectivity index (χ2v) is 18.3. The van der Waals surface area contributed by atoms with Crippen LogP contribution < -0.4 is 16.0 Å². The molecule has 2 aliphatic rings. The van der Waals surface area contributed by atoms with E-state index in [0.29, 0.717) is 39.8 Å². The highest BCUT2D eigenvalue weighted by Gasteiger charge is 2.66. The zero-order valence-corrected chi connectivity index (χ0v) is 30.6. The second-order valence-electron chi connectivity index (χ2n) is 13.9. The number of nitrogens with one attached hydrogen (secondary N) is 1. The zero-order chi connectivity index (χ0) is 36.5. The van der Waals surface area contributed by atoms with E-state index in [2.05, 4.69) is 5.32 Å². The number of nitrogen functional groups attached to an aromatic ring is 1. The maximum Gasteiger partial charge on any atom is 0.264 e. The van der Waals surface area contributed by atoms with Crippen molar-refractivity contribution in [2.45, 2.75) is 56.8 Å². The van der Waals surface area contributed by atoms with Gasteiger partial charge in [0, 0.05) is 52.1 Å². The van der Waals surface area contributed by atoms with Gasteiger partial charge >= 0.3 is 0 Å². The highest BCUT2D eigenvalue weighted by Crippen LogP contribution is 2.60. The molecule has 266 valence electrons. The van der Waals surface area contributed by atoms with Crippen molar-refractivity contribution in [1.29, 1.82) is 0 Å². The minimum absolute atomic E-state index is 0.0622. The van der Waals surface area contributed by atoms with Crippen molar-refractivity contribution in [1.82, 2.24) is 4.90 Å². The molecule has 1 spiro atoms. The molecule has 2 heterocycles. The van der Waals surface area contributed by atoms with Gasteiger partial charge in [-0.25, -0.2) is 0 Å². The number of amides is 3. The number of ether oxygens (including phenoxy) is 1. The van der Waals surface area contributed by atoms with Gasteiger partial charge in [0.25, 0.3) is 11.8 Å². The van der Waals surface area contributed by atoms with Crippen LogP contribution in [0.25, 0.3) is 0 Å². The Balaban J connectivity index is 1.26. The average molecular weight is 727 g/mol. The van der Waals surface area contributed by atoms with Crippen LogP contribution in [0.1, 0.15) is 40.4 Å². The molecule has 0 radical (unpaired) electrons. The molecule has 0 aliphatic carbocycles. The van der Waals surface area contributed by atoms with E-state index in [0.717, 1.165) is 11.1 Å². The van der Waals surface area contributed by atoms with Crippen LogP contribution >= 0.6 is 11.6 Å². The number of aliphatic hydroxyl groups excluding tert-OH is 1. The molecule has 5 N–H and O–H groups in total. The Morgan fingerprint density at radius 1 is 1.00 bits per heavy atom. The number of carbonyl (C=O) groups is 3. The number of carbonyl (C=O) groups excluding carboxylic acids is 3. The lowest BCUT2D eigenvalue weighted by molar-refractivity contribution is -0.150. The highest BCUT2D eigenvalue weighted by atomic mass is 35.5. The number of rotatable bonds is 11. The molecule has 0 bridgehead atoms. The van der Waals surface area contributed by atoms with E-state index in [-0.39, 0.29) is 43.8 Å². The summed E-state index contributed by atoms with van der Waals surface area (Å²) in [7, 11) is -3.04. The third kappa shape index (κ3) is 7.31. The standard InChI is InChI=1S/C39H43ClN4O6Si/c1-25-36(51(2,3)49)34(22-35(46)43(19-20-45)23-26-7-5-4-6-8-26)50-39(25)32-21-29(40)13-18-33(32)44(38(39)48)24-27-9-16-31(17-10-27)42-37(47)28-11-14-30(41)15-12-28/h4-18,21,25,34,36,45,49H,19-20,22-24,41H2,1-3H3,(H,42,47)/t25-,34+,36-,39+/m1/s1. The zero-order valence-electron chi connectivity index (χ0n) is 28.9. The molecular weight excluding hydrogens is 684 g/mol. The van der Waals surface area contributed by atoms with E-state index in [1.165, 1.54) is 0 Å². The van der Waals surface area contributed by atoms with Gasteiger partial charge in [-0.15, -0.1) is 0 Å². The Kier molecular flexibility index (Phi) is 10.4. The molecule has 4 aromatic rings. The summed E-state index contributed by atoms with van der Waals surface area (Å²) in [6, 6.07) is 28.7. The number of benzene rings is 4. The first-order chi connectivity index (χ1) is 24.3. The summed E-state index contributed by atoms with van der Waals surface area (Å²) in [5, 5.41) is 13.1. The Morgan fingerprint density at radius 2 is 1.69 bits per heavy atom. The first-order valence-corrected chi connectivity index (χ1v) is 20.4. The molecule has 2 aliphatic heterocycles. The maximum absolute atomic E-state index is 14.8. The van der Waals surface area contributed by atoms with E-state index >= 15 is 0 Å². The Morgan fingerprint density at radius 3 is 2.33 bits per heavy atom. The number of fused-ring (bicyclic) bond motifs is 2. The number of nitrogens with zero attached hydrogens (tertiary/aromatic N) is 2. The van der Waals surface area contributed by atoms with Crippen LogP contribution in [0.2, 0.25) is 23.7 Å². The summed E-state index contributed by atoms with van der Waals surface area (Å²) in [5.41, 5.74) is 8.44. The van der Waals surface area contributed by atoms with Gasteiger partial charge in [-0.3, -0.25) is 14.4 Å². The van der Waals surface area contributed by atoms with Gasteiger partial charge in [-0.05, 0) is 78.8 Å². The molecule has 0 saturated carbocycles. The van der Waals surface area contributed by atoms with Crippen molar-refractivity contribution in [2.24, 2.45) is 5.92 Å². The number of halogens is 1. The fourth-order valence-corrected chi connectivity index (χ4v) is 10.4. The summed E-state index contributed by atoms with van der Waals surface area (Å²) in [4.78, 5) is 56.3. The fraction of sp³-hybridized carbons (Fsp3) is 0.308. The fourth-order valence-electron chi connectivity index (χ4n) is 7.64. The molecule has 4 aromatic carbocycles. The van der Waals surface area contributed by atoms with Gasteiger partial charge in [-0.1, -0.05) is 61.0 Å². The Hall–Kier alpha value is -4.52. The Labute approximate surface area is 303 Å². The van der Waals surface area contributed by atoms with Crippen LogP contribution in [0.3, 0.4) is 0 Å². The van der Waals surface area contributed by atoms with Crippen molar-refractivity contribution >= 4 is 54.7 Å². The summed E-state index contributed by atoms with van der Waals surface area (Å²) >= 11 is 6.55. The van der Waals surface area contributed by atoms with E-state index < -0.39 is 31.5 Å². The van der Waals surface area contributed by atoms with Crippen LogP contribution in [-0.2, 0) is 33.0 Å². The molecular formula is C39H43ClN4O6Si. The lowest BCUT2D eigenvalue weighted by Gasteiger charge is -2.32. The molecule has 4 atom stereocenters. The van der Waals surface area contributed by atoms with Gasteiger partial charge < -0.3 is 35.5 Å².